The predicted molar refractivity (Wildman–Crippen MR) is 66.9 cm³/mol. The topological polar surface area (TPSA) is 22.0 Å². The molecule has 0 unspecified atom stereocenters. The quantitative estimate of drug-likeness (QED) is 0.773. The predicted octanol–water partition coefficient (Wildman–Crippen LogP) is 3.41. The van der Waals surface area contributed by atoms with Crippen LogP contribution in [0.1, 0.15) is 28.8 Å². The molecular formula is C15H13F2NO. The Labute approximate surface area is 109 Å². The van der Waals surface area contributed by atoms with Crippen molar-refractivity contribution in [2.45, 2.75) is 19.4 Å². The molecule has 0 aliphatic heterocycles. The van der Waals surface area contributed by atoms with E-state index < -0.39 is 11.6 Å². The number of hydrogen-bond acceptors (Lipinski definition) is 1. The van der Waals surface area contributed by atoms with Gasteiger partial charge in [0.15, 0.2) is 5.78 Å². The minimum Gasteiger partial charge on any atom is -0.349 e. The summed E-state index contributed by atoms with van der Waals surface area (Å²) >= 11 is 0. The van der Waals surface area contributed by atoms with E-state index >= 15 is 0 Å². The van der Waals surface area contributed by atoms with Gasteiger partial charge in [-0.15, -0.1) is 0 Å². The highest BCUT2D eigenvalue weighted by Gasteiger charge is 2.30. The highest BCUT2D eigenvalue weighted by molar-refractivity contribution is 5.99. The zero-order valence-corrected chi connectivity index (χ0v) is 10.3. The van der Waals surface area contributed by atoms with Gasteiger partial charge in [0.25, 0.3) is 0 Å². The fraction of sp³-hybridized carbons (Fsp3) is 0.267. The number of aromatic nitrogens is 1. The molecule has 1 aromatic carbocycles. The number of hydrogen-bond donors (Lipinski definition) is 0. The summed E-state index contributed by atoms with van der Waals surface area (Å²) in [5.41, 5.74) is 0.931. The molecule has 1 aliphatic carbocycles. The molecule has 0 radical (unpaired) electrons. The van der Waals surface area contributed by atoms with Gasteiger partial charge >= 0.3 is 0 Å². The van der Waals surface area contributed by atoms with Crippen LogP contribution < -0.4 is 0 Å². The standard InChI is InChI=1S/C15H13F2NO/c16-13-3-4-14(17)12(7-13)9-18-6-5-11(8-18)15(19)10-1-2-10/h3-8,10H,1-2,9H2. The maximum Gasteiger partial charge on any atom is 0.167 e. The van der Waals surface area contributed by atoms with Crippen molar-refractivity contribution in [3.05, 3.63) is 59.4 Å². The van der Waals surface area contributed by atoms with Crippen molar-refractivity contribution in [3.63, 3.8) is 0 Å². The van der Waals surface area contributed by atoms with Gasteiger partial charge in [-0.25, -0.2) is 8.78 Å². The first-order valence-electron chi connectivity index (χ1n) is 6.27. The smallest absolute Gasteiger partial charge is 0.167 e. The summed E-state index contributed by atoms with van der Waals surface area (Å²) in [6.45, 7) is 0.224. The highest BCUT2D eigenvalue weighted by atomic mass is 19.1. The number of halogens is 2. The molecule has 0 bridgehead atoms. The number of nitrogens with zero attached hydrogens (tertiary/aromatic N) is 1. The van der Waals surface area contributed by atoms with Crippen LogP contribution in [0.5, 0.6) is 0 Å². The molecule has 0 N–H and O–H groups in total. The summed E-state index contributed by atoms with van der Waals surface area (Å²) < 4.78 is 28.3. The second-order valence-corrected chi connectivity index (χ2v) is 4.95. The average molecular weight is 261 g/mol. The molecule has 19 heavy (non-hydrogen) atoms. The highest BCUT2D eigenvalue weighted by Crippen LogP contribution is 2.32. The second-order valence-electron chi connectivity index (χ2n) is 4.95. The molecule has 0 saturated heterocycles. The fourth-order valence-corrected chi connectivity index (χ4v) is 2.13. The van der Waals surface area contributed by atoms with Gasteiger partial charge in [-0.3, -0.25) is 4.79 Å². The van der Waals surface area contributed by atoms with Crippen LogP contribution in [-0.2, 0) is 6.54 Å². The Kier molecular flexibility index (Phi) is 2.93. The molecule has 1 aromatic heterocycles. The lowest BCUT2D eigenvalue weighted by molar-refractivity contribution is 0.0967. The van der Waals surface area contributed by atoms with Gasteiger partial charge in [-0.1, -0.05) is 0 Å². The van der Waals surface area contributed by atoms with Crippen LogP contribution in [0.4, 0.5) is 8.78 Å². The first-order chi connectivity index (χ1) is 9.13. The Morgan fingerprint density at radius 1 is 1.26 bits per heavy atom. The molecule has 4 heteroatoms. The van der Waals surface area contributed by atoms with E-state index in [0.29, 0.717) is 5.56 Å². The number of Topliss-reactive ketones (excluding diaryl/α,β-unsaturated/α-hetero) is 1. The summed E-state index contributed by atoms with van der Waals surface area (Å²) in [4.78, 5) is 11.8. The lowest BCUT2D eigenvalue weighted by atomic mass is 10.1. The third-order valence-corrected chi connectivity index (χ3v) is 3.34. The third kappa shape index (κ3) is 2.57. The van der Waals surface area contributed by atoms with Crippen LogP contribution in [0, 0.1) is 17.6 Å². The largest absolute Gasteiger partial charge is 0.349 e. The number of carbonyl (C=O) groups is 1. The Morgan fingerprint density at radius 3 is 2.79 bits per heavy atom. The van der Waals surface area contributed by atoms with Crippen molar-refractivity contribution < 1.29 is 13.6 Å². The molecule has 1 fully saturated rings. The molecule has 1 aliphatic rings. The van der Waals surface area contributed by atoms with Gasteiger partial charge in [-0.2, -0.15) is 0 Å². The van der Waals surface area contributed by atoms with Crippen molar-refractivity contribution in [2.24, 2.45) is 5.92 Å². The molecule has 0 amide bonds. The van der Waals surface area contributed by atoms with Crippen molar-refractivity contribution >= 4 is 5.78 Å². The number of benzene rings is 1. The van der Waals surface area contributed by atoms with Crippen LogP contribution in [0.2, 0.25) is 0 Å². The normalized spacial score (nSPS) is 14.6. The Morgan fingerprint density at radius 2 is 2.05 bits per heavy atom. The van der Waals surface area contributed by atoms with Crippen LogP contribution in [0.3, 0.4) is 0 Å². The maximum atomic E-state index is 13.5. The van der Waals surface area contributed by atoms with E-state index in [-0.39, 0.29) is 23.8 Å². The van der Waals surface area contributed by atoms with Gasteiger partial charge in [0.1, 0.15) is 11.6 Å². The van der Waals surface area contributed by atoms with E-state index in [1.165, 1.54) is 6.07 Å². The van der Waals surface area contributed by atoms with Crippen LogP contribution >= 0.6 is 0 Å². The lowest BCUT2D eigenvalue weighted by Crippen LogP contribution is -2.02. The molecule has 1 saturated carbocycles. The summed E-state index contributed by atoms with van der Waals surface area (Å²) in [5.74, 6) is -0.580. The minimum atomic E-state index is -0.460. The van der Waals surface area contributed by atoms with E-state index in [4.69, 9.17) is 0 Å². The lowest BCUT2D eigenvalue weighted by Gasteiger charge is -2.04. The van der Waals surface area contributed by atoms with E-state index in [9.17, 15) is 13.6 Å². The van der Waals surface area contributed by atoms with Gasteiger partial charge in [0.2, 0.25) is 0 Å². The second kappa shape index (κ2) is 4.61. The third-order valence-electron chi connectivity index (χ3n) is 3.34. The summed E-state index contributed by atoms with van der Waals surface area (Å²) in [6.07, 6.45) is 5.34. The molecule has 1 heterocycles. The van der Waals surface area contributed by atoms with Crippen LogP contribution in [0.15, 0.2) is 36.7 Å². The van der Waals surface area contributed by atoms with E-state index in [1.54, 1.807) is 23.0 Å². The SMILES string of the molecule is O=C(c1ccn(Cc2cc(F)ccc2F)c1)C1CC1. The summed E-state index contributed by atoms with van der Waals surface area (Å²) in [7, 11) is 0. The van der Waals surface area contributed by atoms with E-state index in [1.807, 2.05) is 0 Å². The molecular weight excluding hydrogens is 248 g/mol. The Bertz CT molecular complexity index is 629. The minimum absolute atomic E-state index is 0.151. The summed E-state index contributed by atoms with van der Waals surface area (Å²) in [6, 6.07) is 5.12. The van der Waals surface area contributed by atoms with Crippen molar-refractivity contribution in [1.82, 2.24) is 4.57 Å². The van der Waals surface area contributed by atoms with Crippen LogP contribution in [-0.4, -0.2) is 10.4 Å². The number of carbonyl (C=O) groups excluding carboxylic acids is 1. The Balaban J connectivity index is 1.79. The van der Waals surface area contributed by atoms with Crippen molar-refractivity contribution in [1.29, 1.82) is 0 Å². The zero-order chi connectivity index (χ0) is 13.4. The molecule has 0 spiro atoms. The van der Waals surface area contributed by atoms with Crippen LogP contribution in [0.25, 0.3) is 0 Å². The van der Waals surface area contributed by atoms with Gasteiger partial charge in [0, 0.05) is 29.4 Å². The van der Waals surface area contributed by atoms with Gasteiger partial charge in [0.05, 0.1) is 6.54 Å². The van der Waals surface area contributed by atoms with E-state index in [0.717, 1.165) is 25.0 Å². The molecule has 3 rings (SSSR count). The van der Waals surface area contributed by atoms with Crippen molar-refractivity contribution in [3.8, 4) is 0 Å². The maximum absolute atomic E-state index is 13.5. The summed E-state index contributed by atoms with van der Waals surface area (Å²) in [5, 5.41) is 0. The molecule has 2 nitrogen and oxygen atoms in total. The first-order valence-corrected chi connectivity index (χ1v) is 6.27. The van der Waals surface area contributed by atoms with Gasteiger partial charge < -0.3 is 4.57 Å². The van der Waals surface area contributed by atoms with E-state index in [2.05, 4.69) is 0 Å². The average Bonchev–Trinajstić information content (AvgIpc) is 3.13. The molecule has 2 aromatic rings. The van der Waals surface area contributed by atoms with Gasteiger partial charge in [-0.05, 0) is 37.1 Å². The fourth-order valence-electron chi connectivity index (χ4n) is 2.13. The number of ketones is 1. The van der Waals surface area contributed by atoms with Crippen molar-refractivity contribution in [2.75, 3.05) is 0 Å². The monoisotopic (exact) mass is 261 g/mol. The first kappa shape index (κ1) is 12.1. The zero-order valence-electron chi connectivity index (χ0n) is 10.3. The number of rotatable bonds is 4. The molecule has 0 atom stereocenters. The Hall–Kier alpha value is -1.97. The molecule has 98 valence electrons.